The summed E-state index contributed by atoms with van der Waals surface area (Å²) in [5, 5.41) is 2.40. The van der Waals surface area contributed by atoms with E-state index in [9.17, 15) is 4.79 Å². The van der Waals surface area contributed by atoms with Crippen LogP contribution in [0.15, 0.2) is 41.3 Å². The van der Waals surface area contributed by atoms with Gasteiger partial charge in [-0.15, -0.1) is 11.8 Å². The first-order valence-electron chi connectivity index (χ1n) is 12.9. The van der Waals surface area contributed by atoms with Gasteiger partial charge in [-0.2, -0.15) is 0 Å². The van der Waals surface area contributed by atoms with Crippen LogP contribution in [0.3, 0.4) is 0 Å². The third-order valence-electron chi connectivity index (χ3n) is 6.22. The van der Waals surface area contributed by atoms with Crippen LogP contribution in [0.5, 0.6) is 0 Å². The summed E-state index contributed by atoms with van der Waals surface area (Å²) >= 11 is 1.75. The van der Waals surface area contributed by atoms with Gasteiger partial charge in [0.2, 0.25) is 0 Å². The van der Waals surface area contributed by atoms with Crippen molar-refractivity contribution in [2.24, 2.45) is 0 Å². The van der Waals surface area contributed by atoms with Crippen molar-refractivity contribution in [1.82, 2.24) is 0 Å². The van der Waals surface area contributed by atoms with Crippen molar-refractivity contribution in [2.75, 3.05) is 12.9 Å². The molecule has 0 saturated heterocycles. The van der Waals surface area contributed by atoms with Gasteiger partial charge in [0, 0.05) is 4.90 Å². The molecule has 0 aliphatic carbocycles. The Balaban J connectivity index is 1.44. The lowest BCUT2D eigenvalue weighted by atomic mass is 10.0. The lowest BCUT2D eigenvalue weighted by Gasteiger charge is -2.07. The largest absolute Gasteiger partial charge is 0.465 e. The van der Waals surface area contributed by atoms with E-state index in [2.05, 4.69) is 43.5 Å². The van der Waals surface area contributed by atoms with Gasteiger partial charge < -0.3 is 4.74 Å². The Labute approximate surface area is 200 Å². The smallest absolute Gasteiger partial charge is 0.310 e. The lowest BCUT2D eigenvalue weighted by Crippen LogP contribution is -2.09. The number of rotatable bonds is 18. The van der Waals surface area contributed by atoms with Gasteiger partial charge in [0.1, 0.15) is 0 Å². The maximum absolute atomic E-state index is 12.2. The monoisotopic (exact) mass is 456 g/mol. The van der Waals surface area contributed by atoms with Crippen molar-refractivity contribution in [2.45, 2.75) is 108 Å². The molecule has 0 aliphatic rings. The van der Waals surface area contributed by atoms with Crippen LogP contribution in [0.4, 0.5) is 0 Å². The number of ether oxygens (including phenoxy) is 1. The van der Waals surface area contributed by atoms with E-state index in [1.165, 1.54) is 99.1 Å². The first kappa shape index (κ1) is 26.8. The van der Waals surface area contributed by atoms with Crippen LogP contribution in [0.1, 0.15) is 102 Å². The summed E-state index contributed by atoms with van der Waals surface area (Å²) in [6.07, 6.45) is 21.2. The van der Waals surface area contributed by atoms with Crippen molar-refractivity contribution < 1.29 is 9.53 Å². The summed E-state index contributed by atoms with van der Waals surface area (Å²) < 4.78 is 5.46. The van der Waals surface area contributed by atoms with E-state index in [0.29, 0.717) is 13.0 Å². The van der Waals surface area contributed by atoms with Crippen molar-refractivity contribution >= 4 is 28.5 Å². The van der Waals surface area contributed by atoms with Gasteiger partial charge >= 0.3 is 5.97 Å². The zero-order chi connectivity index (χ0) is 22.9. The first-order chi connectivity index (χ1) is 15.7. The van der Waals surface area contributed by atoms with Gasteiger partial charge in [-0.05, 0) is 41.1 Å². The topological polar surface area (TPSA) is 26.3 Å². The SMILES string of the molecule is CCCCCCCCCCCCCCCCOC(=O)Cc1ccc2cc(SC)ccc2c1. The molecule has 0 fully saturated rings. The van der Waals surface area contributed by atoms with Crippen molar-refractivity contribution in [3.05, 3.63) is 42.0 Å². The number of carbonyl (C=O) groups excluding carboxylic acids is 1. The number of hydrogen-bond acceptors (Lipinski definition) is 3. The number of benzene rings is 2. The molecule has 32 heavy (non-hydrogen) atoms. The van der Waals surface area contributed by atoms with Crippen LogP contribution >= 0.6 is 11.8 Å². The second-order valence-corrected chi connectivity index (χ2v) is 9.92. The van der Waals surface area contributed by atoms with E-state index in [-0.39, 0.29) is 5.97 Å². The third kappa shape index (κ3) is 11.4. The predicted molar refractivity (Wildman–Crippen MR) is 141 cm³/mol. The van der Waals surface area contributed by atoms with Crippen LogP contribution < -0.4 is 0 Å². The molecule has 0 aliphatic heterocycles. The fraction of sp³-hybridized carbons (Fsp3) is 0.621. The summed E-state index contributed by atoms with van der Waals surface area (Å²) in [4.78, 5) is 13.4. The molecule has 0 unspecified atom stereocenters. The highest BCUT2D eigenvalue weighted by Crippen LogP contribution is 2.23. The molecule has 2 aromatic carbocycles. The molecule has 0 bridgehead atoms. The highest BCUT2D eigenvalue weighted by Gasteiger charge is 2.06. The fourth-order valence-corrected chi connectivity index (χ4v) is 4.66. The Hall–Kier alpha value is -1.48. The average molecular weight is 457 g/mol. The van der Waals surface area contributed by atoms with E-state index in [0.717, 1.165) is 12.0 Å². The van der Waals surface area contributed by atoms with Crippen LogP contribution in [-0.4, -0.2) is 18.8 Å². The molecule has 0 saturated carbocycles. The fourth-order valence-electron chi connectivity index (χ4n) is 4.21. The molecule has 0 atom stereocenters. The van der Waals surface area contributed by atoms with E-state index >= 15 is 0 Å². The Bertz CT molecular complexity index is 771. The molecule has 3 heteroatoms. The molecule has 0 radical (unpaired) electrons. The minimum atomic E-state index is -0.111. The number of fused-ring (bicyclic) bond motifs is 1. The Kier molecular flexibility index (Phi) is 14.3. The number of carbonyl (C=O) groups is 1. The summed E-state index contributed by atoms with van der Waals surface area (Å²) in [5.74, 6) is -0.111. The molecule has 0 heterocycles. The molecule has 0 N–H and O–H groups in total. The van der Waals surface area contributed by atoms with Gasteiger partial charge in [-0.1, -0.05) is 115 Å². The standard InChI is InChI=1S/C29H44O2S/c1-3-4-5-6-7-8-9-10-11-12-13-14-15-16-21-31-29(30)23-25-17-18-27-24-28(32-2)20-19-26(27)22-25/h17-20,22,24H,3-16,21,23H2,1-2H3. The van der Waals surface area contributed by atoms with Gasteiger partial charge in [-0.3, -0.25) is 4.79 Å². The zero-order valence-electron chi connectivity index (χ0n) is 20.5. The van der Waals surface area contributed by atoms with E-state index in [1.807, 2.05) is 6.07 Å². The predicted octanol–water partition coefficient (Wildman–Crippen LogP) is 9.13. The number of hydrogen-bond donors (Lipinski definition) is 0. The quantitative estimate of drug-likeness (QED) is 0.127. The summed E-state index contributed by atoms with van der Waals surface area (Å²) in [6, 6.07) is 12.7. The van der Waals surface area contributed by atoms with Crippen LogP contribution in [-0.2, 0) is 16.0 Å². The molecule has 0 aromatic heterocycles. The highest BCUT2D eigenvalue weighted by molar-refractivity contribution is 7.98. The normalized spacial score (nSPS) is 11.2. The van der Waals surface area contributed by atoms with Crippen molar-refractivity contribution in [3.8, 4) is 0 Å². The maximum atomic E-state index is 12.2. The summed E-state index contributed by atoms with van der Waals surface area (Å²) in [5.41, 5.74) is 1.03. The maximum Gasteiger partial charge on any atom is 0.310 e. The van der Waals surface area contributed by atoms with Crippen LogP contribution in [0, 0.1) is 0 Å². The second-order valence-electron chi connectivity index (χ2n) is 9.04. The minimum Gasteiger partial charge on any atom is -0.465 e. The molecule has 2 aromatic rings. The van der Waals surface area contributed by atoms with E-state index in [1.54, 1.807) is 11.8 Å². The second kappa shape index (κ2) is 17.1. The van der Waals surface area contributed by atoms with Gasteiger partial charge in [0.15, 0.2) is 0 Å². The molecule has 0 amide bonds. The summed E-state index contributed by atoms with van der Waals surface area (Å²) in [6.45, 7) is 2.84. The lowest BCUT2D eigenvalue weighted by molar-refractivity contribution is -0.142. The van der Waals surface area contributed by atoms with E-state index < -0.39 is 0 Å². The van der Waals surface area contributed by atoms with Crippen molar-refractivity contribution in [3.63, 3.8) is 0 Å². The molecule has 178 valence electrons. The molecule has 2 nitrogen and oxygen atoms in total. The average Bonchev–Trinajstić information content (AvgIpc) is 2.81. The Morgan fingerprint density at radius 1 is 0.719 bits per heavy atom. The molecule has 0 spiro atoms. The number of unbranched alkanes of at least 4 members (excludes halogenated alkanes) is 13. The Morgan fingerprint density at radius 2 is 1.25 bits per heavy atom. The zero-order valence-corrected chi connectivity index (χ0v) is 21.3. The summed E-state index contributed by atoms with van der Waals surface area (Å²) in [7, 11) is 0. The van der Waals surface area contributed by atoms with Gasteiger partial charge in [0.25, 0.3) is 0 Å². The number of esters is 1. The van der Waals surface area contributed by atoms with Crippen LogP contribution in [0.25, 0.3) is 10.8 Å². The highest BCUT2D eigenvalue weighted by atomic mass is 32.2. The third-order valence-corrected chi connectivity index (χ3v) is 6.95. The number of thioether (sulfide) groups is 1. The molecule has 2 rings (SSSR count). The molecular formula is C29H44O2S. The first-order valence-corrected chi connectivity index (χ1v) is 14.2. The minimum absolute atomic E-state index is 0.111. The Morgan fingerprint density at radius 3 is 1.84 bits per heavy atom. The van der Waals surface area contributed by atoms with Crippen LogP contribution in [0.2, 0.25) is 0 Å². The van der Waals surface area contributed by atoms with Gasteiger partial charge in [0.05, 0.1) is 13.0 Å². The van der Waals surface area contributed by atoms with Gasteiger partial charge in [-0.25, -0.2) is 0 Å². The van der Waals surface area contributed by atoms with E-state index in [4.69, 9.17) is 4.74 Å². The van der Waals surface area contributed by atoms with Crippen molar-refractivity contribution in [1.29, 1.82) is 0 Å². The molecular weight excluding hydrogens is 412 g/mol.